The molecule has 1 aliphatic rings. The zero-order valence-electron chi connectivity index (χ0n) is 20.4. The van der Waals surface area contributed by atoms with Crippen molar-refractivity contribution in [3.63, 3.8) is 0 Å². The van der Waals surface area contributed by atoms with E-state index in [1.807, 2.05) is 49.4 Å². The molecule has 0 spiro atoms. The standard InChI is InChI=1S/C27H32N8O/c1-17-24(21-8-5-9-22(15-21)25-32-34-35-33-25)31-26(29-17)23(14-18-6-3-2-4-7-18)30-27(36)20-12-10-19(16-28)11-13-20/h2-9,15,19-20,23H,10-14,16,28H2,1H3,(H,29,31)(H,30,36)(H,32,33,34,35). The Morgan fingerprint density at radius 2 is 1.86 bits per heavy atom. The number of nitrogens with zero attached hydrogens (tertiary/aromatic N) is 4. The van der Waals surface area contributed by atoms with E-state index in [9.17, 15) is 4.79 Å². The Hall–Kier alpha value is -3.85. The number of amides is 1. The van der Waals surface area contributed by atoms with Gasteiger partial charge in [-0.15, -0.1) is 10.2 Å². The van der Waals surface area contributed by atoms with Gasteiger partial charge in [0.05, 0.1) is 11.7 Å². The number of tetrazole rings is 1. The van der Waals surface area contributed by atoms with E-state index < -0.39 is 0 Å². The average molecular weight is 485 g/mol. The molecule has 4 aromatic rings. The van der Waals surface area contributed by atoms with Crippen LogP contribution in [0.25, 0.3) is 22.6 Å². The zero-order valence-corrected chi connectivity index (χ0v) is 20.4. The molecule has 1 fully saturated rings. The summed E-state index contributed by atoms with van der Waals surface area (Å²) in [6, 6.07) is 17.8. The predicted molar refractivity (Wildman–Crippen MR) is 137 cm³/mol. The Bertz CT molecular complexity index is 1280. The van der Waals surface area contributed by atoms with E-state index in [2.05, 4.69) is 43.1 Å². The summed E-state index contributed by atoms with van der Waals surface area (Å²) in [6.45, 7) is 2.70. The first-order valence-electron chi connectivity index (χ1n) is 12.6. The molecule has 9 heteroatoms. The fraction of sp³-hybridized carbons (Fsp3) is 0.370. The number of benzene rings is 2. The van der Waals surface area contributed by atoms with Crippen LogP contribution in [0.3, 0.4) is 0 Å². The second kappa shape index (κ2) is 10.8. The van der Waals surface area contributed by atoms with Crippen LogP contribution in [0.15, 0.2) is 54.6 Å². The molecule has 5 N–H and O–H groups in total. The third-order valence-electron chi connectivity index (χ3n) is 7.12. The molecule has 0 bridgehead atoms. The Morgan fingerprint density at radius 3 is 2.58 bits per heavy atom. The maximum Gasteiger partial charge on any atom is 0.223 e. The van der Waals surface area contributed by atoms with Crippen LogP contribution in [0.5, 0.6) is 0 Å². The molecule has 1 saturated carbocycles. The average Bonchev–Trinajstić information content (AvgIpc) is 3.59. The first kappa shape index (κ1) is 23.9. The third kappa shape index (κ3) is 5.36. The van der Waals surface area contributed by atoms with Gasteiger partial charge in [-0.05, 0) is 68.3 Å². The smallest absolute Gasteiger partial charge is 0.223 e. The first-order chi connectivity index (χ1) is 17.6. The van der Waals surface area contributed by atoms with Crippen molar-refractivity contribution in [3.05, 3.63) is 71.7 Å². The van der Waals surface area contributed by atoms with Gasteiger partial charge in [-0.3, -0.25) is 4.79 Å². The normalized spacial score (nSPS) is 18.6. The molecule has 1 amide bonds. The third-order valence-corrected chi connectivity index (χ3v) is 7.12. The Morgan fingerprint density at radius 1 is 1.08 bits per heavy atom. The van der Waals surface area contributed by atoms with Crippen LogP contribution < -0.4 is 11.1 Å². The van der Waals surface area contributed by atoms with E-state index in [1.165, 1.54) is 0 Å². The van der Waals surface area contributed by atoms with E-state index in [0.29, 0.717) is 24.7 Å². The second-order valence-electron chi connectivity index (χ2n) is 9.62. The SMILES string of the molecule is Cc1[nH]c(C(Cc2ccccc2)NC(=O)C2CCC(CN)CC2)nc1-c1cccc(-c2nn[nH]n2)c1. The van der Waals surface area contributed by atoms with Crippen molar-refractivity contribution in [1.82, 2.24) is 35.9 Å². The van der Waals surface area contributed by atoms with Gasteiger partial charge in [0.15, 0.2) is 0 Å². The fourth-order valence-corrected chi connectivity index (χ4v) is 5.04. The van der Waals surface area contributed by atoms with E-state index >= 15 is 0 Å². The fourth-order valence-electron chi connectivity index (χ4n) is 5.04. The van der Waals surface area contributed by atoms with Gasteiger partial charge in [-0.25, -0.2) is 4.98 Å². The Balaban J connectivity index is 1.40. The first-order valence-corrected chi connectivity index (χ1v) is 12.6. The van der Waals surface area contributed by atoms with Crippen molar-refractivity contribution < 1.29 is 4.79 Å². The number of carbonyl (C=O) groups is 1. The number of rotatable bonds is 8. The van der Waals surface area contributed by atoms with Gasteiger partial charge >= 0.3 is 0 Å². The summed E-state index contributed by atoms with van der Waals surface area (Å²) in [5.41, 5.74) is 10.6. The van der Waals surface area contributed by atoms with Crippen molar-refractivity contribution in [2.24, 2.45) is 17.6 Å². The van der Waals surface area contributed by atoms with Crippen LogP contribution in [-0.4, -0.2) is 43.0 Å². The number of aryl methyl sites for hydroxylation is 1. The van der Waals surface area contributed by atoms with Crippen LogP contribution in [0.4, 0.5) is 0 Å². The minimum Gasteiger partial charge on any atom is -0.346 e. The lowest BCUT2D eigenvalue weighted by molar-refractivity contribution is -0.127. The number of H-pyrrole nitrogens is 2. The van der Waals surface area contributed by atoms with Crippen LogP contribution in [0.1, 0.15) is 48.8 Å². The molecule has 1 unspecified atom stereocenters. The van der Waals surface area contributed by atoms with Gasteiger partial charge in [-0.1, -0.05) is 48.5 Å². The number of aromatic amines is 2. The summed E-state index contributed by atoms with van der Waals surface area (Å²) >= 11 is 0. The minimum absolute atomic E-state index is 0.0215. The molecule has 0 saturated heterocycles. The summed E-state index contributed by atoms with van der Waals surface area (Å²) in [4.78, 5) is 21.7. The topological polar surface area (TPSA) is 138 Å². The molecule has 0 aliphatic heterocycles. The maximum absolute atomic E-state index is 13.3. The van der Waals surface area contributed by atoms with Gasteiger partial charge in [0.1, 0.15) is 5.82 Å². The lowest BCUT2D eigenvalue weighted by Crippen LogP contribution is -2.37. The number of aromatic nitrogens is 6. The Kier molecular flexibility index (Phi) is 7.18. The van der Waals surface area contributed by atoms with E-state index in [1.54, 1.807) is 0 Å². The highest BCUT2D eigenvalue weighted by atomic mass is 16.2. The number of hydrogen-bond donors (Lipinski definition) is 4. The summed E-state index contributed by atoms with van der Waals surface area (Å²) < 4.78 is 0. The van der Waals surface area contributed by atoms with E-state index in [0.717, 1.165) is 59.6 Å². The van der Waals surface area contributed by atoms with Crippen molar-refractivity contribution in [2.75, 3.05) is 6.54 Å². The van der Waals surface area contributed by atoms with Crippen LogP contribution in [0, 0.1) is 18.8 Å². The minimum atomic E-state index is -0.264. The summed E-state index contributed by atoms with van der Waals surface area (Å²) in [6.07, 6.45) is 4.45. The van der Waals surface area contributed by atoms with Crippen molar-refractivity contribution in [2.45, 2.75) is 45.1 Å². The van der Waals surface area contributed by atoms with Crippen molar-refractivity contribution >= 4 is 5.91 Å². The lowest BCUT2D eigenvalue weighted by atomic mass is 9.81. The number of hydrogen-bond acceptors (Lipinski definition) is 6. The highest BCUT2D eigenvalue weighted by molar-refractivity contribution is 5.79. The van der Waals surface area contributed by atoms with Gasteiger partial charge < -0.3 is 16.0 Å². The molecule has 9 nitrogen and oxygen atoms in total. The number of imidazole rings is 1. The number of carbonyl (C=O) groups excluding carboxylic acids is 1. The zero-order chi connectivity index (χ0) is 24.9. The van der Waals surface area contributed by atoms with Crippen LogP contribution in [0.2, 0.25) is 0 Å². The highest BCUT2D eigenvalue weighted by Crippen LogP contribution is 2.30. The summed E-state index contributed by atoms with van der Waals surface area (Å²) in [7, 11) is 0. The number of nitrogens with one attached hydrogen (secondary N) is 3. The van der Waals surface area contributed by atoms with E-state index in [4.69, 9.17) is 10.7 Å². The highest BCUT2D eigenvalue weighted by Gasteiger charge is 2.29. The quantitative estimate of drug-likeness (QED) is 0.301. The van der Waals surface area contributed by atoms with Crippen LogP contribution >= 0.6 is 0 Å². The molecule has 36 heavy (non-hydrogen) atoms. The molecule has 2 aromatic carbocycles. The predicted octanol–water partition coefficient (Wildman–Crippen LogP) is 3.73. The lowest BCUT2D eigenvalue weighted by Gasteiger charge is -2.28. The maximum atomic E-state index is 13.3. The molecule has 2 heterocycles. The van der Waals surface area contributed by atoms with E-state index in [-0.39, 0.29) is 17.9 Å². The molecule has 2 aromatic heterocycles. The number of nitrogens with two attached hydrogens (primary N) is 1. The molecule has 0 radical (unpaired) electrons. The van der Waals surface area contributed by atoms with Gasteiger partial charge in [0.25, 0.3) is 0 Å². The molecular weight excluding hydrogens is 452 g/mol. The molecule has 1 atom stereocenters. The molecule has 186 valence electrons. The van der Waals surface area contributed by atoms with Crippen molar-refractivity contribution in [3.8, 4) is 22.6 Å². The van der Waals surface area contributed by atoms with Gasteiger partial charge in [0.2, 0.25) is 11.7 Å². The molecular formula is C27H32N8O. The second-order valence-corrected chi connectivity index (χ2v) is 9.62. The molecule has 1 aliphatic carbocycles. The summed E-state index contributed by atoms with van der Waals surface area (Å²) in [5, 5.41) is 17.6. The monoisotopic (exact) mass is 484 g/mol. The largest absolute Gasteiger partial charge is 0.346 e. The Labute approximate surface area is 210 Å². The van der Waals surface area contributed by atoms with Crippen LogP contribution in [-0.2, 0) is 11.2 Å². The van der Waals surface area contributed by atoms with Gasteiger partial charge in [0, 0.05) is 22.7 Å². The van der Waals surface area contributed by atoms with Gasteiger partial charge in [-0.2, -0.15) is 5.21 Å². The summed E-state index contributed by atoms with van der Waals surface area (Å²) in [5.74, 6) is 1.94. The van der Waals surface area contributed by atoms with Crippen molar-refractivity contribution in [1.29, 1.82) is 0 Å². The molecule has 5 rings (SSSR count).